The second-order valence-corrected chi connectivity index (χ2v) is 6.74. The summed E-state index contributed by atoms with van der Waals surface area (Å²) in [5.41, 5.74) is -0.674. The zero-order valence-corrected chi connectivity index (χ0v) is 11.9. The smallest absolute Gasteiger partial charge is 0.410 e. The maximum atomic E-state index is 12.3. The minimum Gasteiger partial charge on any atom is -0.481 e. The number of amides is 1. The predicted octanol–water partition coefficient (Wildman–Crippen LogP) is 2.64. The molecule has 0 bridgehead atoms. The molecule has 1 aliphatic carbocycles. The number of nitrogens with zero attached hydrogens (tertiary/aromatic N) is 1. The van der Waals surface area contributed by atoms with Gasteiger partial charge < -0.3 is 14.7 Å². The first-order chi connectivity index (χ1) is 8.73. The van der Waals surface area contributed by atoms with Gasteiger partial charge in [-0.3, -0.25) is 4.79 Å². The number of carboxylic acids is 1. The lowest BCUT2D eigenvalue weighted by atomic mass is 9.68. The number of likely N-dealkylation sites (tertiary alicyclic amines) is 1. The summed E-state index contributed by atoms with van der Waals surface area (Å²) >= 11 is 0. The molecule has 0 aromatic rings. The van der Waals surface area contributed by atoms with E-state index in [1.54, 1.807) is 4.90 Å². The lowest BCUT2D eigenvalue weighted by Gasteiger charge is -2.54. The normalized spacial score (nSPS) is 25.8. The summed E-state index contributed by atoms with van der Waals surface area (Å²) in [6, 6.07) is 0. The summed E-state index contributed by atoms with van der Waals surface area (Å²) in [5, 5.41) is 9.15. The van der Waals surface area contributed by atoms with Gasteiger partial charge in [0.25, 0.3) is 0 Å². The molecule has 19 heavy (non-hydrogen) atoms. The molecule has 1 N–H and O–H groups in total. The molecule has 1 saturated carbocycles. The molecule has 1 heterocycles. The van der Waals surface area contributed by atoms with Crippen LogP contribution in [-0.4, -0.2) is 39.8 Å². The Balaban J connectivity index is 2.12. The van der Waals surface area contributed by atoms with E-state index in [2.05, 4.69) is 0 Å². The van der Waals surface area contributed by atoms with Crippen molar-refractivity contribution in [3.05, 3.63) is 0 Å². The first-order valence-electron chi connectivity index (χ1n) is 6.97. The van der Waals surface area contributed by atoms with Crippen LogP contribution in [0.4, 0.5) is 4.79 Å². The van der Waals surface area contributed by atoms with Gasteiger partial charge in [0.15, 0.2) is 0 Å². The van der Waals surface area contributed by atoms with Crippen LogP contribution in [-0.2, 0) is 9.53 Å². The number of hydrogen-bond acceptors (Lipinski definition) is 3. The third-order valence-corrected chi connectivity index (χ3v) is 4.18. The van der Waals surface area contributed by atoms with Crippen molar-refractivity contribution in [2.75, 3.05) is 6.54 Å². The zero-order valence-electron chi connectivity index (χ0n) is 11.9. The van der Waals surface area contributed by atoms with Gasteiger partial charge >= 0.3 is 12.1 Å². The van der Waals surface area contributed by atoms with Gasteiger partial charge in [0.2, 0.25) is 0 Å². The van der Waals surface area contributed by atoms with E-state index in [0.717, 1.165) is 25.7 Å². The average Bonchev–Trinajstić information content (AvgIpc) is 2.23. The average molecular weight is 269 g/mol. The topological polar surface area (TPSA) is 66.8 Å². The van der Waals surface area contributed by atoms with Crippen LogP contribution < -0.4 is 0 Å². The fraction of sp³-hybridized carbons (Fsp3) is 0.857. The van der Waals surface area contributed by atoms with Gasteiger partial charge in [-0.2, -0.15) is 0 Å². The van der Waals surface area contributed by atoms with Gasteiger partial charge in [-0.15, -0.1) is 0 Å². The highest BCUT2D eigenvalue weighted by molar-refractivity contribution is 5.74. The number of ether oxygens (including phenoxy) is 1. The number of hydrogen-bond donors (Lipinski definition) is 1. The maximum Gasteiger partial charge on any atom is 0.410 e. The zero-order chi connectivity index (χ0) is 14.3. The number of carboxylic acid groups (broad SMARTS) is 1. The van der Waals surface area contributed by atoms with Crippen LogP contribution in [0.2, 0.25) is 0 Å². The molecule has 1 aliphatic heterocycles. The van der Waals surface area contributed by atoms with Crippen LogP contribution in [0.3, 0.4) is 0 Å². The fourth-order valence-electron chi connectivity index (χ4n) is 2.97. The van der Waals surface area contributed by atoms with Crippen molar-refractivity contribution in [1.29, 1.82) is 0 Å². The van der Waals surface area contributed by atoms with Gasteiger partial charge in [0.05, 0.1) is 5.92 Å². The van der Waals surface area contributed by atoms with E-state index >= 15 is 0 Å². The van der Waals surface area contributed by atoms with Gasteiger partial charge in [0, 0.05) is 12.1 Å². The van der Waals surface area contributed by atoms with E-state index < -0.39 is 17.5 Å². The lowest BCUT2D eigenvalue weighted by molar-refractivity contribution is -0.146. The lowest BCUT2D eigenvalue weighted by Crippen LogP contribution is -2.61. The van der Waals surface area contributed by atoms with E-state index in [1.165, 1.54) is 0 Å². The summed E-state index contributed by atoms with van der Waals surface area (Å²) < 4.78 is 5.43. The van der Waals surface area contributed by atoms with E-state index in [1.807, 2.05) is 20.8 Å². The van der Waals surface area contributed by atoms with Crippen LogP contribution in [0.25, 0.3) is 0 Å². The minimum absolute atomic E-state index is 0.131. The highest BCUT2D eigenvalue weighted by Crippen LogP contribution is 2.46. The van der Waals surface area contributed by atoms with Crippen molar-refractivity contribution in [2.45, 2.75) is 64.0 Å². The Kier molecular flexibility index (Phi) is 3.49. The van der Waals surface area contributed by atoms with Crippen LogP contribution >= 0.6 is 0 Å². The van der Waals surface area contributed by atoms with Gasteiger partial charge in [-0.25, -0.2) is 4.79 Å². The highest BCUT2D eigenvalue weighted by atomic mass is 16.6. The molecule has 1 saturated heterocycles. The number of rotatable bonds is 1. The molecular formula is C14H23NO4. The predicted molar refractivity (Wildman–Crippen MR) is 69.9 cm³/mol. The Morgan fingerprint density at radius 3 is 2.32 bits per heavy atom. The highest BCUT2D eigenvalue weighted by Gasteiger charge is 2.50. The number of carbonyl (C=O) groups excluding carboxylic acids is 1. The summed E-state index contributed by atoms with van der Waals surface area (Å²) in [6.07, 6.45) is 4.13. The van der Waals surface area contributed by atoms with Crippen LogP contribution in [0.15, 0.2) is 0 Å². The molecular weight excluding hydrogens is 246 g/mol. The summed E-state index contributed by atoms with van der Waals surface area (Å²) in [5.74, 6) is -1.28. The summed E-state index contributed by atoms with van der Waals surface area (Å²) in [7, 11) is 0. The maximum absolute atomic E-state index is 12.3. The Morgan fingerprint density at radius 2 is 1.89 bits per heavy atom. The molecule has 1 amide bonds. The van der Waals surface area contributed by atoms with E-state index in [-0.39, 0.29) is 18.2 Å². The molecule has 5 nitrogen and oxygen atoms in total. The Hall–Kier alpha value is -1.26. The van der Waals surface area contributed by atoms with Crippen LogP contribution in [0.5, 0.6) is 0 Å². The molecule has 2 rings (SSSR count). The molecule has 0 aromatic carbocycles. The van der Waals surface area contributed by atoms with Crippen molar-refractivity contribution in [3.8, 4) is 0 Å². The first-order valence-corrected chi connectivity index (χ1v) is 6.97. The van der Waals surface area contributed by atoms with Crippen LogP contribution in [0, 0.1) is 5.92 Å². The van der Waals surface area contributed by atoms with Crippen LogP contribution in [0.1, 0.15) is 52.9 Å². The fourth-order valence-corrected chi connectivity index (χ4v) is 2.97. The number of carbonyl (C=O) groups is 2. The van der Waals surface area contributed by atoms with E-state index in [0.29, 0.717) is 6.42 Å². The van der Waals surface area contributed by atoms with Crippen molar-refractivity contribution in [1.82, 2.24) is 4.90 Å². The molecule has 1 unspecified atom stereocenters. The third kappa shape index (κ3) is 2.85. The summed E-state index contributed by atoms with van der Waals surface area (Å²) in [4.78, 5) is 25.1. The van der Waals surface area contributed by atoms with E-state index in [4.69, 9.17) is 9.84 Å². The van der Waals surface area contributed by atoms with Gasteiger partial charge in [-0.05, 0) is 52.9 Å². The standard InChI is InChI=1S/C14H23NO4/c1-13(2,3)19-12(18)15-9-10(11(16)17)5-8-14(15)6-4-7-14/h10H,4-9H2,1-3H3,(H,16,17). The second kappa shape index (κ2) is 4.69. The van der Waals surface area contributed by atoms with Crippen molar-refractivity contribution in [2.24, 2.45) is 5.92 Å². The largest absolute Gasteiger partial charge is 0.481 e. The third-order valence-electron chi connectivity index (χ3n) is 4.18. The minimum atomic E-state index is -0.817. The number of aliphatic carboxylic acids is 1. The Morgan fingerprint density at radius 1 is 1.26 bits per heavy atom. The SMILES string of the molecule is CC(C)(C)OC(=O)N1CC(C(=O)O)CCC12CCC2. The van der Waals surface area contributed by atoms with Crippen molar-refractivity contribution >= 4 is 12.1 Å². The molecule has 0 aromatic heterocycles. The van der Waals surface area contributed by atoms with Crippen molar-refractivity contribution < 1.29 is 19.4 Å². The Bertz CT molecular complexity index is 381. The molecule has 0 radical (unpaired) electrons. The Labute approximate surface area is 113 Å². The van der Waals surface area contributed by atoms with Gasteiger partial charge in [0.1, 0.15) is 5.60 Å². The van der Waals surface area contributed by atoms with Crippen molar-refractivity contribution in [3.63, 3.8) is 0 Å². The van der Waals surface area contributed by atoms with Gasteiger partial charge in [-0.1, -0.05) is 0 Å². The number of piperidine rings is 1. The molecule has 2 aliphatic rings. The molecule has 2 fully saturated rings. The second-order valence-electron chi connectivity index (χ2n) is 6.74. The molecule has 1 spiro atoms. The quantitative estimate of drug-likeness (QED) is 0.794. The molecule has 108 valence electrons. The molecule has 1 atom stereocenters. The van der Waals surface area contributed by atoms with E-state index in [9.17, 15) is 9.59 Å². The summed E-state index contributed by atoms with van der Waals surface area (Å²) in [6.45, 7) is 5.77. The molecule has 5 heteroatoms. The monoisotopic (exact) mass is 269 g/mol. The first kappa shape index (κ1) is 14.2.